The minimum atomic E-state index is -0.194. The van der Waals surface area contributed by atoms with Crippen LogP contribution in [-0.2, 0) is 0 Å². The average molecular weight is 292 g/mol. The molecule has 3 rings (SSSR count). The predicted molar refractivity (Wildman–Crippen MR) is 84.6 cm³/mol. The molecule has 1 aromatic carbocycles. The van der Waals surface area contributed by atoms with Crippen molar-refractivity contribution in [3.63, 3.8) is 0 Å². The standard InChI is InChI=1S/C16H21FN2S/c17-13-10-12(16(18)20)7-8-15(13)19-9-3-6-14(19)11-4-1-2-5-11/h7-8,10-11,14H,1-6,9H2,(H2,18,20). The molecule has 4 heteroatoms. The van der Waals surface area contributed by atoms with Crippen LogP contribution in [0.25, 0.3) is 0 Å². The van der Waals surface area contributed by atoms with E-state index in [0.717, 1.165) is 24.6 Å². The van der Waals surface area contributed by atoms with Crippen LogP contribution in [0.5, 0.6) is 0 Å². The fraction of sp³-hybridized carbons (Fsp3) is 0.562. The largest absolute Gasteiger partial charge is 0.389 e. The molecule has 1 saturated heterocycles. The quantitative estimate of drug-likeness (QED) is 0.863. The lowest BCUT2D eigenvalue weighted by atomic mass is 9.95. The highest BCUT2D eigenvalue weighted by Gasteiger charge is 2.34. The molecule has 0 radical (unpaired) electrons. The van der Waals surface area contributed by atoms with Crippen LogP contribution in [0.1, 0.15) is 44.1 Å². The number of nitrogens with two attached hydrogens (primary N) is 1. The zero-order valence-electron chi connectivity index (χ0n) is 11.6. The fourth-order valence-electron chi connectivity index (χ4n) is 3.82. The molecule has 1 aliphatic heterocycles. The van der Waals surface area contributed by atoms with E-state index < -0.39 is 0 Å². The Morgan fingerprint density at radius 2 is 1.95 bits per heavy atom. The second-order valence-corrected chi connectivity index (χ2v) is 6.42. The number of rotatable bonds is 3. The maximum absolute atomic E-state index is 14.4. The summed E-state index contributed by atoms with van der Waals surface area (Å²) >= 11 is 4.91. The van der Waals surface area contributed by atoms with E-state index in [0.29, 0.717) is 11.6 Å². The van der Waals surface area contributed by atoms with Crippen molar-refractivity contribution in [3.8, 4) is 0 Å². The van der Waals surface area contributed by atoms with Gasteiger partial charge in [-0.05, 0) is 49.8 Å². The van der Waals surface area contributed by atoms with Crippen molar-refractivity contribution in [3.05, 3.63) is 29.6 Å². The van der Waals surface area contributed by atoms with Gasteiger partial charge in [-0.1, -0.05) is 25.1 Å². The summed E-state index contributed by atoms with van der Waals surface area (Å²) in [7, 11) is 0. The van der Waals surface area contributed by atoms with Crippen LogP contribution in [-0.4, -0.2) is 17.6 Å². The molecular weight excluding hydrogens is 271 g/mol. The number of anilines is 1. The minimum Gasteiger partial charge on any atom is -0.389 e. The second kappa shape index (κ2) is 5.68. The van der Waals surface area contributed by atoms with Crippen LogP contribution in [0.4, 0.5) is 10.1 Å². The number of thiocarbonyl (C=S) groups is 1. The Labute approximate surface area is 125 Å². The smallest absolute Gasteiger partial charge is 0.147 e. The van der Waals surface area contributed by atoms with Gasteiger partial charge < -0.3 is 10.6 Å². The molecule has 0 bridgehead atoms. The van der Waals surface area contributed by atoms with Crippen molar-refractivity contribution in [2.24, 2.45) is 11.7 Å². The van der Waals surface area contributed by atoms with Crippen molar-refractivity contribution >= 4 is 22.9 Å². The number of halogens is 1. The van der Waals surface area contributed by atoms with E-state index in [2.05, 4.69) is 4.90 Å². The molecule has 20 heavy (non-hydrogen) atoms. The monoisotopic (exact) mass is 292 g/mol. The van der Waals surface area contributed by atoms with Crippen molar-refractivity contribution in [1.82, 2.24) is 0 Å². The Kier molecular flexibility index (Phi) is 3.92. The van der Waals surface area contributed by atoms with Gasteiger partial charge in [0.05, 0.1) is 5.69 Å². The molecular formula is C16H21FN2S. The highest BCUT2D eigenvalue weighted by Crippen LogP contribution is 2.38. The van der Waals surface area contributed by atoms with Crippen LogP contribution >= 0.6 is 12.2 Å². The van der Waals surface area contributed by atoms with E-state index in [9.17, 15) is 4.39 Å². The minimum absolute atomic E-state index is 0.194. The van der Waals surface area contributed by atoms with E-state index in [-0.39, 0.29) is 10.8 Å². The van der Waals surface area contributed by atoms with Gasteiger partial charge in [-0.25, -0.2) is 4.39 Å². The summed E-state index contributed by atoms with van der Waals surface area (Å²) in [5, 5.41) is 0. The summed E-state index contributed by atoms with van der Waals surface area (Å²) < 4.78 is 14.4. The summed E-state index contributed by atoms with van der Waals surface area (Å²) in [6.07, 6.45) is 7.62. The van der Waals surface area contributed by atoms with Gasteiger partial charge in [-0.3, -0.25) is 0 Å². The van der Waals surface area contributed by atoms with Crippen molar-refractivity contribution in [2.45, 2.75) is 44.6 Å². The summed E-state index contributed by atoms with van der Waals surface area (Å²) in [5.41, 5.74) is 6.89. The fourth-order valence-corrected chi connectivity index (χ4v) is 3.94. The van der Waals surface area contributed by atoms with Gasteiger partial charge in [0.2, 0.25) is 0 Å². The SMILES string of the molecule is NC(=S)c1ccc(N2CCCC2C2CCCC2)c(F)c1. The van der Waals surface area contributed by atoms with Crippen LogP contribution in [0.15, 0.2) is 18.2 Å². The molecule has 1 saturated carbocycles. The van der Waals surface area contributed by atoms with E-state index >= 15 is 0 Å². The predicted octanol–water partition coefficient (Wildman–Crippen LogP) is 3.62. The molecule has 1 heterocycles. The van der Waals surface area contributed by atoms with E-state index in [4.69, 9.17) is 18.0 Å². The first kappa shape index (κ1) is 13.8. The zero-order chi connectivity index (χ0) is 14.1. The highest BCUT2D eigenvalue weighted by molar-refractivity contribution is 7.80. The van der Waals surface area contributed by atoms with Gasteiger partial charge in [0.15, 0.2) is 0 Å². The van der Waals surface area contributed by atoms with Crippen molar-refractivity contribution in [1.29, 1.82) is 0 Å². The van der Waals surface area contributed by atoms with Gasteiger partial charge in [0.1, 0.15) is 10.8 Å². The molecule has 2 nitrogen and oxygen atoms in total. The lowest BCUT2D eigenvalue weighted by Crippen LogP contribution is -2.35. The number of hydrogen-bond donors (Lipinski definition) is 1. The summed E-state index contributed by atoms with van der Waals surface area (Å²) in [5.74, 6) is 0.548. The highest BCUT2D eigenvalue weighted by atomic mass is 32.1. The lowest BCUT2D eigenvalue weighted by molar-refractivity contribution is 0.427. The number of nitrogens with zero attached hydrogens (tertiary/aromatic N) is 1. The second-order valence-electron chi connectivity index (χ2n) is 5.98. The lowest BCUT2D eigenvalue weighted by Gasteiger charge is -2.31. The average Bonchev–Trinajstić information content (AvgIpc) is 3.09. The molecule has 0 aromatic heterocycles. The van der Waals surface area contributed by atoms with Gasteiger partial charge in [0, 0.05) is 18.2 Å². The summed E-state index contributed by atoms with van der Waals surface area (Å²) in [6.45, 7) is 0.963. The Balaban J connectivity index is 1.85. The van der Waals surface area contributed by atoms with Crippen LogP contribution in [0, 0.1) is 11.7 Å². The molecule has 2 N–H and O–H groups in total. The Morgan fingerprint density at radius 3 is 2.60 bits per heavy atom. The van der Waals surface area contributed by atoms with Gasteiger partial charge in [0.25, 0.3) is 0 Å². The molecule has 0 amide bonds. The first-order chi connectivity index (χ1) is 9.66. The first-order valence-corrected chi connectivity index (χ1v) is 7.93. The number of hydrogen-bond acceptors (Lipinski definition) is 2. The molecule has 1 aromatic rings. The molecule has 2 fully saturated rings. The molecule has 1 atom stereocenters. The van der Waals surface area contributed by atoms with Gasteiger partial charge in [-0.15, -0.1) is 0 Å². The topological polar surface area (TPSA) is 29.3 Å². The Hall–Kier alpha value is -1.16. The maximum atomic E-state index is 14.4. The van der Waals surface area contributed by atoms with E-state index in [1.165, 1.54) is 38.2 Å². The molecule has 108 valence electrons. The molecule has 2 aliphatic rings. The van der Waals surface area contributed by atoms with E-state index in [1.807, 2.05) is 12.1 Å². The van der Waals surface area contributed by atoms with Crippen LogP contribution < -0.4 is 10.6 Å². The normalized spacial score (nSPS) is 23.4. The van der Waals surface area contributed by atoms with Gasteiger partial charge in [-0.2, -0.15) is 0 Å². The van der Waals surface area contributed by atoms with Gasteiger partial charge >= 0.3 is 0 Å². The third-order valence-electron chi connectivity index (χ3n) is 4.78. The van der Waals surface area contributed by atoms with Crippen LogP contribution in [0.2, 0.25) is 0 Å². The number of benzene rings is 1. The Morgan fingerprint density at radius 1 is 1.20 bits per heavy atom. The van der Waals surface area contributed by atoms with Crippen molar-refractivity contribution in [2.75, 3.05) is 11.4 Å². The summed E-state index contributed by atoms with van der Waals surface area (Å²) in [4.78, 5) is 2.53. The molecule has 0 spiro atoms. The molecule has 1 unspecified atom stereocenters. The van der Waals surface area contributed by atoms with Crippen LogP contribution in [0.3, 0.4) is 0 Å². The Bertz CT molecular complexity index is 511. The third kappa shape index (κ3) is 2.53. The third-order valence-corrected chi connectivity index (χ3v) is 5.02. The van der Waals surface area contributed by atoms with E-state index in [1.54, 1.807) is 0 Å². The molecule has 1 aliphatic carbocycles. The zero-order valence-corrected chi connectivity index (χ0v) is 12.5. The first-order valence-electron chi connectivity index (χ1n) is 7.53. The maximum Gasteiger partial charge on any atom is 0.147 e. The van der Waals surface area contributed by atoms with Crippen molar-refractivity contribution < 1.29 is 4.39 Å². The summed E-state index contributed by atoms with van der Waals surface area (Å²) in [6, 6.07) is 5.67.